The lowest BCUT2D eigenvalue weighted by atomic mass is 9.70. The van der Waals surface area contributed by atoms with Gasteiger partial charge in [-0.25, -0.2) is 9.78 Å². The summed E-state index contributed by atoms with van der Waals surface area (Å²) in [5.41, 5.74) is 11.0. The van der Waals surface area contributed by atoms with Crippen molar-refractivity contribution >= 4 is 11.8 Å². The Morgan fingerprint density at radius 1 is 1.30 bits per heavy atom. The van der Waals surface area contributed by atoms with Crippen LogP contribution in [0.3, 0.4) is 0 Å². The standard InChI is InChI=1S/C22H25N3O2/c1-22(2,3)15-9-10-18-16(11-15)19(17(12-23)20(24)25-18)13-5-7-14(8-6-13)21(26)27-4/h5-8,15H,9-11H2,1-4H3,(H2,24,25). The summed E-state index contributed by atoms with van der Waals surface area (Å²) in [4.78, 5) is 16.2. The molecule has 0 spiro atoms. The number of hydrogen-bond acceptors (Lipinski definition) is 5. The predicted molar refractivity (Wildman–Crippen MR) is 105 cm³/mol. The molecule has 0 radical (unpaired) electrons. The summed E-state index contributed by atoms with van der Waals surface area (Å²) in [6, 6.07) is 9.37. The van der Waals surface area contributed by atoms with Crippen LogP contribution >= 0.6 is 0 Å². The highest BCUT2D eigenvalue weighted by molar-refractivity contribution is 5.90. The van der Waals surface area contributed by atoms with E-state index in [1.54, 1.807) is 12.1 Å². The van der Waals surface area contributed by atoms with Crippen LogP contribution in [0.2, 0.25) is 0 Å². The molecule has 2 N–H and O–H groups in total. The number of fused-ring (bicyclic) bond motifs is 1. The van der Waals surface area contributed by atoms with E-state index in [9.17, 15) is 10.1 Å². The molecule has 5 heteroatoms. The lowest BCUT2D eigenvalue weighted by Crippen LogP contribution is -2.28. The second kappa shape index (κ2) is 7.03. The van der Waals surface area contributed by atoms with Crippen LogP contribution in [0.5, 0.6) is 0 Å². The summed E-state index contributed by atoms with van der Waals surface area (Å²) in [6.07, 6.45) is 2.80. The number of benzene rings is 1. The van der Waals surface area contributed by atoms with Crippen molar-refractivity contribution in [3.05, 3.63) is 46.6 Å². The number of nitriles is 1. The van der Waals surface area contributed by atoms with E-state index in [0.717, 1.165) is 41.6 Å². The Balaban J connectivity index is 2.16. The van der Waals surface area contributed by atoms with Crippen molar-refractivity contribution in [2.75, 3.05) is 12.8 Å². The number of aromatic nitrogens is 1. The van der Waals surface area contributed by atoms with E-state index in [2.05, 4.69) is 31.8 Å². The molecule has 1 aliphatic carbocycles. The summed E-state index contributed by atoms with van der Waals surface area (Å²) < 4.78 is 4.77. The largest absolute Gasteiger partial charge is 0.465 e. The Morgan fingerprint density at radius 2 is 1.96 bits per heavy atom. The number of esters is 1. The molecule has 2 aromatic rings. The van der Waals surface area contributed by atoms with Gasteiger partial charge in [0.15, 0.2) is 0 Å². The van der Waals surface area contributed by atoms with E-state index in [-0.39, 0.29) is 17.2 Å². The molecule has 0 saturated carbocycles. The van der Waals surface area contributed by atoms with Crippen molar-refractivity contribution in [2.45, 2.75) is 40.0 Å². The van der Waals surface area contributed by atoms with Crippen molar-refractivity contribution in [2.24, 2.45) is 11.3 Å². The number of carbonyl (C=O) groups is 1. The molecule has 1 aliphatic rings. The molecule has 1 unspecified atom stereocenters. The smallest absolute Gasteiger partial charge is 0.337 e. The van der Waals surface area contributed by atoms with Gasteiger partial charge in [-0.15, -0.1) is 0 Å². The van der Waals surface area contributed by atoms with Gasteiger partial charge in [0.2, 0.25) is 0 Å². The van der Waals surface area contributed by atoms with Gasteiger partial charge in [0.05, 0.1) is 12.7 Å². The fourth-order valence-electron chi connectivity index (χ4n) is 3.84. The van der Waals surface area contributed by atoms with Gasteiger partial charge in [0, 0.05) is 11.3 Å². The first kappa shape index (κ1) is 18.9. The molecule has 1 atom stereocenters. The average molecular weight is 363 g/mol. The highest BCUT2D eigenvalue weighted by atomic mass is 16.5. The van der Waals surface area contributed by atoms with Crippen LogP contribution in [0.15, 0.2) is 24.3 Å². The molecule has 0 amide bonds. The molecule has 5 nitrogen and oxygen atoms in total. The van der Waals surface area contributed by atoms with Gasteiger partial charge in [0.1, 0.15) is 17.5 Å². The van der Waals surface area contributed by atoms with Gasteiger partial charge in [-0.2, -0.15) is 5.26 Å². The number of nitrogens with zero attached hydrogens (tertiary/aromatic N) is 2. The molecule has 140 valence electrons. The molecule has 0 aliphatic heterocycles. The summed E-state index contributed by atoms with van der Waals surface area (Å²) in [5, 5.41) is 9.72. The molecule has 0 bridgehead atoms. The quantitative estimate of drug-likeness (QED) is 0.810. The molecular weight excluding hydrogens is 338 g/mol. The Labute approximate surface area is 160 Å². The maximum absolute atomic E-state index is 11.7. The third-order valence-electron chi connectivity index (χ3n) is 5.52. The highest BCUT2D eigenvalue weighted by Crippen LogP contribution is 2.42. The van der Waals surface area contributed by atoms with Crippen LogP contribution in [-0.2, 0) is 17.6 Å². The molecule has 1 heterocycles. The van der Waals surface area contributed by atoms with Gasteiger partial charge in [-0.1, -0.05) is 32.9 Å². The number of anilines is 1. The average Bonchev–Trinajstić information content (AvgIpc) is 2.65. The molecule has 1 aromatic heterocycles. The van der Waals surface area contributed by atoms with Gasteiger partial charge in [0.25, 0.3) is 0 Å². The number of methoxy groups -OCH3 is 1. The SMILES string of the molecule is COC(=O)c1ccc(-c2c(C#N)c(N)nc3c2CC(C(C)(C)C)CC3)cc1. The first-order valence-electron chi connectivity index (χ1n) is 9.16. The number of ether oxygens (including phenoxy) is 1. The Bertz CT molecular complexity index is 919. The first-order chi connectivity index (χ1) is 12.8. The van der Waals surface area contributed by atoms with E-state index in [0.29, 0.717) is 17.0 Å². The molecule has 0 saturated heterocycles. The zero-order valence-corrected chi connectivity index (χ0v) is 16.3. The molecule has 27 heavy (non-hydrogen) atoms. The zero-order valence-electron chi connectivity index (χ0n) is 16.3. The number of hydrogen-bond donors (Lipinski definition) is 1. The normalized spacial score (nSPS) is 16.3. The maximum Gasteiger partial charge on any atom is 0.337 e. The fourth-order valence-corrected chi connectivity index (χ4v) is 3.84. The van der Waals surface area contributed by atoms with Crippen molar-refractivity contribution in [3.63, 3.8) is 0 Å². The van der Waals surface area contributed by atoms with Gasteiger partial charge in [-0.05, 0) is 53.9 Å². The summed E-state index contributed by atoms with van der Waals surface area (Å²) in [5.74, 6) is 0.402. The van der Waals surface area contributed by atoms with Crippen LogP contribution in [0.1, 0.15) is 54.4 Å². The Hall–Kier alpha value is -2.87. The number of carbonyl (C=O) groups excluding carboxylic acids is 1. The van der Waals surface area contributed by atoms with Crippen molar-refractivity contribution < 1.29 is 9.53 Å². The Morgan fingerprint density at radius 3 is 2.52 bits per heavy atom. The number of aryl methyl sites for hydroxylation is 1. The second-order valence-corrected chi connectivity index (χ2v) is 8.16. The van der Waals surface area contributed by atoms with Crippen molar-refractivity contribution in [1.82, 2.24) is 4.98 Å². The second-order valence-electron chi connectivity index (χ2n) is 8.16. The van der Waals surface area contributed by atoms with Crippen LogP contribution in [0.25, 0.3) is 11.1 Å². The third kappa shape index (κ3) is 3.52. The number of nitrogen functional groups attached to an aromatic ring is 1. The van der Waals surface area contributed by atoms with Crippen molar-refractivity contribution in [1.29, 1.82) is 5.26 Å². The molecular formula is C22H25N3O2. The minimum Gasteiger partial charge on any atom is -0.465 e. The van der Waals surface area contributed by atoms with Gasteiger partial charge >= 0.3 is 5.97 Å². The number of nitrogens with two attached hydrogens (primary N) is 1. The number of pyridine rings is 1. The van der Waals surface area contributed by atoms with E-state index in [1.807, 2.05) is 12.1 Å². The highest BCUT2D eigenvalue weighted by Gasteiger charge is 2.32. The molecule has 1 aromatic carbocycles. The van der Waals surface area contributed by atoms with Crippen LogP contribution in [0, 0.1) is 22.7 Å². The molecule has 3 rings (SSSR count). The van der Waals surface area contributed by atoms with Crippen LogP contribution in [0.4, 0.5) is 5.82 Å². The minimum absolute atomic E-state index is 0.178. The lowest BCUT2D eigenvalue weighted by molar-refractivity contribution is 0.0601. The summed E-state index contributed by atoms with van der Waals surface area (Å²) in [6.45, 7) is 6.76. The van der Waals surface area contributed by atoms with E-state index in [4.69, 9.17) is 10.5 Å². The number of rotatable bonds is 2. The topological polar surface area (TPSA) is 89.0 Å². The van der Waals surface area contributed by atoms with E-state index >= 15 is 0 Å². The monoisotopic (exact) mass is 363 g/mol. The first-order valence-corrected chi connectivity index (χ1v) is 9.16. The van der Waals surface area contributed by atoms with E-state index < -0.39 is 0 Å². The summed E-state index contributed by atoms with van der Waals surface area (Å²) in [7, 11) is 1.36. The fraction of sp³-hybridized carbons (Fsp3) is 0.409. The van der Waals surface area contributed by atoms with Crippen LogP contribution in [-0.4, -0.2) is 18.1 Å². The third-order valence-corrected chi connectivity index (χ3v) is 5.52. The zero-order chi connectivity index (χ0) is 19.8. The maximum atomic E-state index is 11.7. The van der Waals surface area contributed by atoms with Crippen LogP contribution < -0.4 is 5.73 Å². The van der Waals surface area contributed by atoms with Crippen molar-refractivity contribution in [3.8, 4) is 17.2 Å². The predicted octanol–water partition coefficient (Wildman–Crippen LogP) is 4.14. The van der Waals surface area contributed by atoms with Gasteiger partial charge in [-0.3, -0.25) is 0 Å². The lowest BCUT2D eigenvalue weighted by Gasteiger charge is -2.35. The molecule has 0 fully saturated rings. The Kier molecular flexibility index (Phi) is 4.93. The van der Waals surface area contributed by atoms with Gasteiger partial charge < -0.3 is 10.5 Å². The summed E-state index contributed by atoms with van der Waals surface area (Å²) >= 11 is 0. The minimum atomic E-state index is -0.383. The van der Waals surface area contributed by atoms with E-state index in [1.165, 1.54) is 7.11 Å².